The lowest BCUT2D eigenvalue weighted by Gasteiger charge is -2.71. The fourth-order valence-electron chi connectivity index (χ4n) is 12.1. The summed E-state index contributed by atoms with van der Waals surface area (Å²) in [6.45, 7) is 20.4. The van der Waals surface area contributed by atoms with Gasteiger partial charge in [-0.2, -0.15) is 0 Å². The van der Waals surface area contributed by atoms with Crippen molar-refractivity contribution in [2.45, 2.75) is 120 Å². The van der Waals surface area contributed by atoms with Crippen molar-refractivity contribution in [3.63, 3.8) is 0 Å². The predicted octanol–water partition coefficient (Wildman–Crippen LogP) is 8.10. The van der Waals surface area contributed by atoms with E-state index in [4.69, 9.17) is 18.9 Å². The Morgan fingerprint density at radius 1 is 0.896 bits per heavy atom. The minimum absolute atomic E-state index is 0.0728. The molecule has 264 valence electrons. The van der Waals surface area contributed by atoms with Crippen LogP contribution in [0.1, 0.15) is 106 Å². The fraction of sp³-hybridized carbons (Fsp3) is 0.732. The van der Waals surface area contributed by atoms with Gasteiger partial charge >= 0.3 is 17.9 Å². The van der Waals surface area contributed by atoms with Gasteiger partial charge in [-0.15, -0.1) is 0 Å². The molecule has 3 saturated carbocycles. The molecule has 1 heterocycles. The second-order valence-electron chi connectivity index (χ2n) is 17.5. The summed E-state index contributed by atoms with van der Waals surface area (Å²) in [5.41, 5.74) is 0.914. The second-order valence-corrected chi connectivity index (χ2v) is 17.5. The van der Waals surface area contributed by atoms with Crippen LogP contribution in [0.25, 0.3) is 0 Å². The van der Waals surface area contributed by atoms with Crippen molar-refractivity contribution >= 4 is 17.9 Å². The maximum absolute atomic E-state index is 14.6. The van der Waals surface area contributed by atoms with Crippen molar-refractivity contribution in [3.05, 3.63) is 47.5 Å². The Kier molecular flexibility index (Phi) is 9.00. The first-order valence-electron chi connectivity index (χ1n) is 18.4. The molecule has 1 aliphatic heterocycles. The normalized spacial score (nSPS) is 42.3. The van der Waals surface area contributed by atoms with Crippen LogP contribution in [0.3, 0.4) is 0 Å². The van der Waals surface area contributed by atoms with Gasteiger partial charge in [-0.3, -0.25) is 14.4 Å². The number of hydrogen-bond acceptors (Lipinski definition) is 7. The molecule has 4 aliphatic carbocycles. The average molecular weight is 663 g/mol. The van der Waals surface area contributed by atoms with Crippen molar-refractivity contribution in [1.82, 2.24) is 0 Å². The highest BCUT2D eigenvalue weighted by Gasteiger charge is 2.72. The Hall–Kier alpha value is -2.67. The third kappa shape index (κ3) is 5.19. The van der Waals surface area contributed by atoms with Crippen molar-refractivity contribution in [1.29, 1.82) is 0 Å². The molecule has 1 aromatic rings. The minimum Gasteiger partial charge on any atom is -0.461 e. The number of ether oxygens (including phenoxy) is 4. The number of fused-ring (bicyclic) bond motifs is 3. The van der Waals surface area contributed by atoms with E-state index in [2.05, 4.69) is 54.5 Å². The molecular weight excluding hydrogens is 604 g/mol. The number of esters is 3. The molecule has 11 atom stereocenters. The van der Waals surface area contributed by atoms with Crippen molar-refractivity contribution < 1.29 is 33.3 Å². The third-order valence-electron chi connectivity index (χ3n) is 14.9. The summed E-state index contributed by atoms with van der Waals surface area (Å²) < 4.78 is 24.8. The van der Waals surface area contributed by atoms with Gasteiger partial charge < -0.3 is 18.9 Å². The van der Waals surface area contributed by atoms with E-state index in [0.717, 1.165) is 37.7 Å². The van der Waals surface area contributed by atoms with Crippen LogP contribution in [0.4, 0.5) is 0 Å². The molecule has 0 radical (unpaired) electrons. The van der Waals surface area contributed by atoms with E-state index in [-0.39, 0.29) is 63.9 Å². The van der Waals surface area contributed by atoms with Gasteiger partial charge in [0.25, 0.3) is 0 Å². The first-order chi connectivity index (χ1) is 22.5. The number of carbonyl (C=O) groups excluding carboxylic acids is 3. The molecule has 5 aliphatic rings. The molecule has 0 N–H and O–H groups in total. The Morgan fingerprint density at radius 2 is 1.58 bits per heavy atom. The molecule has 0 amide bonds. The van der Waals surface area contributed by atoms with Crippen LogP contribution in [0.2, 0.25) is 0 Å². The Labute approximate surface area is 287 Å². The number of carbonyl (C=O) groups is 3. The van der Waals surface area contributed by atoms with E-state index in [9.17, 15) is 14.4 Å². The number of allylic oxidation sites excluding steroid dienone is 1. The second kappa shape index (κ2) is 12.3. The van der Waals surface area contributed by atoms with Gasteiger partial charge in [0.15, 0.2) is 0 Å². The molecule has 7 nitrogen and oxygen atoms in total. The Morgan fingerprint density at radius 3 is 2.23 bits per heavy atom. The summed E-state index contributed by atoms with van der Waals surface area (Å²) in [5, 5.41) is 0. The van der Waals surface area contributed by atoms with Gasteiger partial charge in [0, 0.05) is 24.7 Å². The van der Waals surface area contributed by atoms with Crippen LogP contribution in [0.5, 0.6) is 0 Å². The van der Waals surface area contributed by atoms with Gasteiger partial charge in [-0.25, -0.2) is 0 Å². The molecule has 6 rings (SSSR count). The van der Waals surface area contributed by atoms with Crippen LogP contribution in [-0.2, 0) is 39.9 Å². The van der Waals surface area contributed by atoms with E-state index < -0.39 is 17.6 Å². The molecule has 0 aromatic heterocycles. The molecule has 1 unspecified atom stereocenters. The maximum atomic E-state index is 14.6. The number of benzene rings is 1. The van der Waals surface area contributed by atoms with E-state index in [1.807, 2.05) is 30.3 Å². The summed E-state index contributed by atoms with van der Waals surface area (Å²) in [6, 6.07) is 9.99. The fourth-order valence-corrected chi connectivity index (χ4v) is 12.1. The minimum atomic E-state index is -0.560. The quantitative estimate of drug-likeness (QED) is 0.166. The van der Waals surface area contributed by atoms with E-state index in [1.54, 1.807) is 0 Å². The number of hydrogen-bond donors (Lipinski definition) is 0. The molecule has 0 spiro atoms. The average Bonchev–Trinajstić information content (AvgIpc) is 3.02. The molecular formula is C41H58O7. The maximum Gasteiger partial charge on any atom is 0.310 e. The van der Waals surface area contributed by atoms with Crippen LogP contribution < -0.4 is 0 Å². The van der Waals surface area contributed by atoms with E-state index in [1.165, 1.54) is 19.4 Å². The summed E-state index contributed by atoms with van der Waals surface area (Å²) in [4.78, 5) is 39.4. The molecule has 48 heavy (non-hydrogen) atoms. The van der Waals surface area contributed by atoms with Crippen molar-refractivity contribution in [2.24, 2.45) is 56.7 Å². The molecule has 4 fully saturated rings. The lowest BCUT2D eigenvalue weighted by molar-refractivity contribution is -0.262. The zero-order chi connectivity index (χ0) is 34.9. The highest BCUT2D eigenvalue weighted by Crippen LogP contribution is 2.75. The smallest absolute Gasteiger partial charge is 0.310 e. The van der Waals surface area contributed by atoms with Gasteiger partial charge in [0.2, 0.25) is 0 Å². The zero-order valence-corrected chi connectivity index (χ0v) is 30.7. The molecule has 1 aromatic carbocycles. The van der Waals surface area contributed by atoms with Crippen LogP contribution >= 0.6 is 0 Å². The largest absolute Gasteiger partial charge is 0.461 e. The summed E-state index contributed by atoms with van der Waals surface area (Å²) in [6.07, 6.45) is 6.69. The Balaban J connectivity index is 1.42. The Bertz CT molecular complexity index is 1450. The van der Waals surface area contributed by atoms with Gasteiger partial charge in [-0.1, -0.05) is 90.4 Å². The highest BCUT2D eigenvalue weighted by molar-refractivity contribution is 5.75. The predicted molar refractivity (Wildman–Crippen MR) is 183 cm³/mol. The SMILES string of the molecule is CC(=O)OC1[C@H](OC(C)=O)C[C@@]23COC[C@]1(C)[C@@H]2CC[C@H]1C3=CC[C@@]2(C)[C@H](C(=O)OCc3ccccc3)[C@@](C)([C@H](C)C(C)C)CC[C@]12C. The van der Waals surface area contributed by atoms with Crippen molar-refractivity contribution in [3.8, 4) is 0 Å². The molecule has 7 heteroatoms. The summed E-state index contributed by atoms with van der Waals surface area (Å²) in [7, 11) is 0. The first kappa shape index (κ1) is 35.2. The van der Waals surface area contributed by atoms with Gasteiger partial charge in [0.05, 0.1) is 19.1 Å². The van der Waals surface area contributed by atoms with E-state index >= 15 is 0 Å². The summed E-state index contributed by atoms with van der Waals surface area (Å²) in [5.74, 6) is 0.186. The van der Waals surface area contributed by atoms with Crippen LogP contribution in [-0.4, -0.2) is 43.3 Å². The molecule has 2 bridgehead atoms. The van der Waals surface area contributed by atoms with Crippen LogP contribution in [0.15, 0.2) is 42.0 Å². The molecule has 1 saturated heterocycles. The van der Waals surface area contributed by atoms with Gasteiger partial charge in [0.1, 0.15) is 18.8 Å². The van der Waals surface area contributed by atoms with Crippen molar-refractivity contribution in [2.75, 3.05) is 13.2 Å². The van der Waals surface area contributed by atoms with Crippen LogP contribution in [0, 0.1) is 56.7 Å². The monoisotopic (exact) mass is 662 g/mol. The van der Waals surface area contributed by atoms with Gasteiger partial charge in [-0.05, 0) is 84.0 Å². The highest BCUT2D eigenvalue weighted by atomic mass is 16.6. The zero-order valence-electron chi connectivity index (χ0n) is 30.7. The topological polar surface area (TPSA) is 88.1 Å². The first-order valence-corrected chi connectivity index (χ1v) is 18.4. The summed E-state index contributed by atoms with van der Waals surface area (Å²) >= 11 is 0. The lowest BCUT2D eigenvalue weighted by atomic mass is 9.34. The number of rotatable bonds is 7. The lowest BCUT2D eigenvalue weighted by Crippen LogP contribution is -2.70. The standard InChI is InChI=1S/C41H58O7/c1-25(2)26(3)37(6)19-20-39(8)30-15-16-33-38(7)23-45-24-41(33,21-32(47-27(4)42)35(38)48-28(5)43)31(30)17-18-40(39,9)34(37)36(44)46-22-29-13-11-10-12-14-29/h10-14,17,25-26,30,32-35H,15-16,18-24H2,1-9H3/t26-,30+,32-,33+,34-,35?,37-,38-,39-,40+,41+/m1/s1. The van der Waals surface area contributed by atoms with E-state index in [0.29, 0.717) is 31.5 Å². The third-order valence-corrected chi connectivity index (χ3v) is 14.9.